The van der Waals surface area contributed by atoms with Gasteiger partial charge in [-0.05, 0) is 58.2 Å². The molecule has 36 heavy (non-hydrogen) atoms. The van der Waals surface area contributed by atoms with Crippen LogP contribution < -0.4 is 13.7 Å². The molecule has 3 heterocycles. The van der Waals surface area contributed by atoms with Gasteiger partial charge in [-0.1, -0.05) is 0 Å². The summed E-state index contributed by atoms with van der Waals surface area (Å²) in [4.78, 5) is 0. The predicted octanol–water partition coefficient (Wildman–Crippen LogP) is 4.90. The van der Waals surface area contributed by atoms with Crippen LogP contribution in [0.3, 0.4) is 0 Å². The molecule has 0 fully saturated rings. The molecular weight excluding hydrogens is 789 g/mol. The van der Waals surface area contributed by atoms with Crippen molar-refractivity contribution >= 4 is 67.8 Å². The van der Waals surface area contributed by atoms with Gasteiger partial charge in [0.15, 0.2) is 0 Å². The molecular formula is C27H36I3N6+3. The molecule has 6 nitrogen and oxygen atoms in total. The minimum atomic E-state index is 0.888. The molecule has 0 spiro atoms. The number of aromatic nitrogens is 6. The molecule has 0 saturated carbocycles. The fourth-order valence-corrected chi connectivity index (χ4v) is 7.52. The van der Waals surface area contributed by atoms with Crippen molar-refractivity contribution in [3.05, 3.63) is 82.1 Å². The van der Waals surface area contributed by atoms with Crippen molar-refractivity contribution in [2.45, 2.75) is 80.8 Å². The Morgan fingerprint density at radius 3 is 0.972 bits per heavy atom. The molecule has 4 rings (SSSR count). The molecule has 0 aliphatic carbocycles. The number of hydrogen-bond acceptors (Lipinski definition) is 0. The molecule has 4 aromatic rings. The maximum atomic E-state index is 2.48. The highest BCUT2D eigenvalue weighted by Gasteiger charge is 2.25. The Morgan fingerprint density at radius 1 is 0.528 bits per heavy atom. The quantitative estimate of drug-likeness (QED) is 0.170. The van der Waals surface area contributed by atoms with Crippen molar-refractivity contribution in [3.63, 3.8) is 0 Å². The highest BCUT2D eigenvalue weighted by molar-refractivity contribution is 14.1. The van der Waals surface area contributed by atoms with Crippen molar-refractivity contribution < 1.29 is 13.7 Å². The summed E-state index contributed by atoms with van der Waals surface area (Å²) < 4.78 is 17.9. The Bertz CT molecular complexity index is 1210. The molecule has 0 atom stereocenters. The number of halogens is 3. The molecule has 0 aliphatic heterocycles. The first-order valence-corrected chi connectivity index (χ1v) is 15.8. The average Bonchev–Trinajstić information content (AvgIpc) is 3.53. The fourth-order valence-electron chi connectivity index (χ4n) is 5.02. The third kappa shape index (κ3) is 5.29. The lowest BCUT2D eigenvalue weighted by Crippen LogP contribution is -2.41. The van der Waals surface area contributed by atoms with Crippen molar-refractivity contribution in [2.24, 2.45) is 0 Å². The minimum absolute atomic E-state index is 0.888. The lowest BCUT2D eigenvalue weighted by atomic mass is 9.87. The minimum Gasteiger partial charge on any atom is -0.226 e. The molecule has 192 valence electrons. The molecule has 0 unspecified atom stereocenters. The number of hydrogen-bond donors (Lipinski definition) is 0. The number of aryl methyl sites for hydroxylation is 3. The second-order valence-electron chi connectivity index (χ2n) is 9.25. The van der Waals surface area contributed by atoms with E-state index < -0.39 is 0 Å². The molecule has 0 aliphatic rings. The maximum absolute atomic E-state index is 2.48. The zero-order valence-electron chi connectivity index (χ0n) is 22.0. The first-order chi connectivity index (χ1) is 17.2. The molecule has 0 amide bonds. The lowest BCUT2D eigenvalue weighted by Gasteiger charge is -2.21. The molecule has 9 heteroatoms. The van der Waals surface area contributed by atoms with E-state index in [1.54, 1.807) is 0 Å². The number of rotatable bonds is 9. The van der Waals surface area contributed by atoms with E-state index in [-0.39, 0.29) is 0 Å². The van der Waals surface area contributed by atoms with E-state index in [9.17, 15) is 0 Å². The van der Waals surface area contributed by atoms with Crippen LogP contribution in [0.2, 0.25) is 0 Å². The molecule has 1 aromatic carbocycles. The summed E-state index contributed by atoms with van der Waals surface area (Å²) in [5, 5.41) is 0. The third-order valence-corrected chi connectivity index (χ3v) is 11.1. The smallest absolute Gasteiger partial charge is 0.226 e. The van der Waals surface area contributed by atoms with E-state index in [1.807, 2.05) is 0 Å². The van der Waals surface area contributed by atoms with Gasteiger partial charge in [0.05, 0.1) is 87.4 Å². The summed E-state index contributed by atoms with van der Waals surface area (Å²) in [5.74, 6) is 0. The molecule has 0 radical (unpaired) electrons. The monoisotopic (exact) mass is 825 g/mol. The van der Waals surface area contributed by atoms with Crippen LogP contribution in [0.5, 0.6) is 0 Å². The van der Waals surface area contributed by atoms with E-state index >= 15 is 0 Å². The summed E-state index contributed by atoms with van der Waals surface area (Å²) >= 11 is 7.44. The third-order valence-electron chi connectivity index (χ3n) is 7.43. The van der Waals surface area contributed by atoms with E-state index in [0.717, 1.165) is 39.3 Å². The summed E-state index contributed by atoms with van der Waals surface area (Å²) in [6, 6.07) is 0. The van der Waals surface area contributed by atoms with Gasteiger partial charge in [0.2, 0.25) is 0 Å². The van der Waals surface area contributed by atoms with E-state index in [0.29, 0.717) is 0 Å². The number of benzene rings is 1. The molecule has 0 bridgehead atoms. The van der Waals surface area contributed by atoms with Gasteiger partial charge in [0, 0.05) is 16.7 Å². The summed E-state index contributed by atoms with van der Waals surface area (Å²) in [6.45, 7) is 19.2. The Kier molecular flexibility index (Phi) is 9.22. The van der Waals surface area contributed by atoms with E-state index in [2.05, 4.69) is 174 Å². The van der Waals surface area contributed by atoms with Crippen LogP contribution in [0.15, 0.2) is 37.2 Å². The van der Waals surface area contributed by atoms with Gasteiger partial charge in [-0.3, -0.25) is 0 Å². The van der Waals surface area contributed by atoms with Crippen molar-refractivity contribution in [1.82, 2.24) is 13.7 Å². The zero-order chi connectivity index (χ0) is 26.1. The van der Waals surface area contributed by atoms with Crippen molar-refractivity contribution in [1.29, 1.82) is 0 Å². The maximum Gasteiger partial charge on any atom is 0.317 e. The highest BCUT2D eigenvalue weighted by Crippen LogP contribution is 2.28. The van der Waals surface area contributed by atoms with Crippen LogP contribution >= 0.6 is 67.8 Å². The molecule has 0 saturated heterocycles. The Hall–Kier alpha value is -0.960. The lowest BCUT2D eigenvalue weighted by molar-refractivity contribution is -0.702. The SMILES string of the molecule is CCn1cc[n+](Cc2c(C)c(C[n+]3ccn(CC)c3I)c(C)c(C[n+]3ccn(CC)c3I)c2C)c1I. The molecule has 0 N–H and O–H groups in total. The topological polar surface area (TPSA) is 26.4 Å². The largest absolute Gasteiger partial charge is 0.317 e. The van der Waals surface area contributed by atoms with Gasteiger partial charge < -0.3 is 0 Å². The van der Waals surface area contributed by atoms with Crippen molar-refractivity contribution in [2.75, 3.05) is 0 Å². The van der Waals surface area contributed by atoms with Gasteiger partial charge in [-0.2, -0.15) is 0 Å². The zero-order valence-corrected chi connectivity index (χ0v) is 28.5. The fraction of sp³-hybridized carbons (Fsp3) is 0.444. The van der Waals surface area contributed by atoms with E-state index in [4.69, 9.17) is 0 Å². The Balaban J connectivity index is 1.86. The van der Waals surface area contributed by atoms with E-state index in [1.165, 1.54) is 44.9 Å². The second-order valence-corrected chi connectivity index (χ2v) is 12.1. The Labute approximate surface area is 255 Å². The summed E-state index contributed by atoms with van der Waals surface area (Å²) in [5.41, 5.74) is 8.58. The van der Waals surface area contributed by atoms with Gasteiger partial charge in [-0.15, -0.1) is 0 Å². The average molecular weight is 825 g/mol. The second kappa shape index (κ2) is 11.8. The first kappa shape index (κ1) is 28.1. The van der Waals surface area contributed by atoms with Gasteiger partial charge >= 0.3 is 11.5 Å². The summed E-state index contributed by atoms with van der Waals surface area (Å²) in [6.07, 6.45) is 13.3. The van der Waals surface area contributed by atoms with Crippen molar-refractivity contribution in [3.8, 4) is 0 Å². The van der Waals surface area contributed by atoms with Crippen LogP contribution in [0, 0.1) is 32.3 Å². The Morgan fingerprint density at radius 2 is 0.778 bits per heavy atom. The predicted molar refractivity (Wildman–Crippen MR) is 167 cm³/mol. The highest BCUT2D eigenvalue weighted by atomic mass is 127. The van der Waals surface area contributed by atoms with Gasteiger partial charge in [0.25, 0.3) is 0 Å². The van der Waals surface area contributed by atoms with Crippen LogP contribution in [0.4, 0.5) is 0 Å². The molecule has 3 aromatic heterocycles. The first-order valence-electron chi connectivity index (χ1n) is 12.5. The standard InChI is InChI=1S/C27H36I3N6/c1-7-31-10-13-34(25(31)28)16-22-19(4)23(17-35-14-11-32(8-2)26(35)29)21(6)24(20(22)5)18-36-15-12-33(9-3)27(36)30/h10-15H,7-9,16-18H2,1-6H3/q+3. The van der Waals surface area contributed by atoms with Crippen LogP contribution in [0.1, 0.15) is 54.2 Å². The number of imidazole rings is 3. The van der Waals surface area contributed by atoms with Crippen LogP contribution in [0.25, 0.3) is 0 Å². The number of nitrogens with zero attached hydrogens (tertiary/aromatic N) is 6. The van der Waals surface area contributed by atoms with Crippen LogP contribution in [-0.2, 0) is 39.3 Å². The van der Waals surface area contributed by atoms with Gasteiger partial charge in [0.1, 0.15) is 56.8 Å². The summed E-state index contributed by atoms with van der Waals surface area (Å²) in [7, 11) is 0. The van der Waals surface area contributed by atoms with Crippen LogP contribution in [-0.4, -0.2) is 13.7 Å². The normalized spacial score (nSPS) is 11.6. The van der Waals surface area contributed by atoms with Gasteiger partial charge in [-0.25, -0.2) is 27.4 Å².